The lowest BCUT2D eigenvalue weighted by atomic mass is 9.89. The molecule has 0 unspecified atom stereocenters. The molecule has 4 amide bonds. The number of benzene rings is 1. The number of piperidine rings is 1. The van der Waals surface area contributed by atoms with Gasteiger partial charge in [-0.15, -0.1) is 0 Å². The lowest BCUT2D eigenvalue weighted by molar-refractivity contribution is -0.174. The second-order valence-corrected chi connectivity index (χ2v) is 13.2. The van der Waals surface area contributed by atoms with Crippen molar-refractivity contribution in [3.63, 3.8) is 0 Å². The highest BCUT2D eigenvalue weighted by molar-refractivity contribution is 6.30. The summed E-state index contributed by atoms with van der Waals surface area (Å²) in [4.78, 5) is 45.1. The number of nitrogens with one attached hydrogen (secondary N) is 2. The number of rotatable bonds is 10. The molecular weight excluding hydrogens is 607 g/mol. The summed E-state index contributed by atoms with van der Waals surface area (Å²) in [5, 5.41) is 6.23. The Kier molecular flexibility index (Phi) is 12.8. The Balaban J connectivity index is 1.41. The Labute approximate surface area is 270 Å². The average Bonchev–Trinajstić information content (AvgIpc) is 3.03. The quantitative estimate of drug-likeness (QED) is 0.328. The second-order valence-electron chi connectivity index (χ2n) is 12.8. The number of alkyl halides is 3. The lowest BCUT2D eigenvalue weighted by Crippen LogP contribution is -2.58. The number of hydrogen-bond acceptors (Lipinski definition) is 4. The molecule has 3 fully saturated rings. The van der Waals surface area contributed by atoms with Crippen molar-refractivity contribution in [3.8, 4) is 0 Å². The van der Waals surface area contributed by atoms with Crippen LogP contribution in [0.5, 0.6) is 0 Å². The van der Waals surface area contributed by atoms with Gasteiger partial charge in [0, 0.05) is 55.4 Å². The third-order valence-electron chi connectivity index (χ3n) is 9.80. The van der Waals surface area contributed by atoms with Crippen LogP contribution in [-0.4, -0.2) is 95.1 Å². The van der Waals surface area contributed by atoms with E-state index in [1.807, 2.05) is 35.8 Å². The third kappa shape index (κ3) is 9.73. The van der Waals surface area contributed by atoms with Crippen LogP contribution in [0.1, 0.15) is 90.0 Å². The zero-order chi connectivity index (χ0) is 32.6. The Hall–Kier alpha value is -2.53. The molecule has 0 spiro atoms. The largest absolute Gasteiger partial charge is 0.471 e. The molecule has 2 N–H and O–H groups in total. The molecule has 12 heteroatoms. The maximum atomic E-state index is 14.0. The molecular formula is C33H49ClF3N5O3. The van der Waals surface area contributed by atoms with Gasteiger partial charge in [-0.3, -0.25) is 9.59 Å². The molecule has 1 aromatic carbocycles. The predicted octanol–water partition coefficient (Wildman–Crippen LogP) is 5.92. The standard InChI is InChI=1S/C33H49ClF3N5O3/c1-3-40(4-2)32(45)42(27-8-6-5-7-9-27)28-18-20-41(21-19-28)30(43)29(22-23-10-12-24(34)13-11-23)38-25-14-16-26(17-15-25)39-31(44)33(35,36)37/h10-13,25-29,38H,3-9,14-22H2,1-2H3,(H,39,44)/t25-,26-,29-/m1/s1. The van der Waals surface area contributed by atoms with Gasteiger partial charge in [0.15, 0.2) is 0 Å². The summed E-state index contributed by atoms with van der Waals surface area (Å²) < 4.78 is 38.2. The number of nitrogens with zero attached hydrogens (tertiary/aromatic N) is 3. The van der Waals surface area contributed by atoms with E-state index in [0.29, 0.717) is 63.3 Å². The number of hydrogen-bond donors (Lipinski definition) is 2. The van der Waals surface area contributed by atoms with Gasteiger partial charge in [0.25, 0.3) is 0 Å². The molecule has 1 aromatic rings. The minimum absolute atomic E-state index is 0.00446. The lowest BCUT2D eigenvalue weighted by Gasteiger charge is -2.45. The number of amides is 4. The van der Waals surface area contributed by atoms with Crippen molar-refractivity contribution in [2.45, 2.75) is 127 Å². The van der Waals surface area contributed by atoms with Crippen LogP contribution in [0.3, 0.4) is 0 Å². The molecule has 0 aromatic heterocycles. The van der Waals surface area contributed by atoms with E-state index in [-0.39, 0.29) is 30.1 Å². The first-order valence-corrected chi connectivity index (χ1v) is 17.1. The molecule has 3 aliphatic rings. The van der Waals surface area contributed by atoms with Crippen molar-refractivity contribution >= 4 is 29.4 Å². The SMILES string of the molecule is CCN(CC)C(=O)N(C1CCCCC1)C1CCN(C(=O)[C@@H](Cc2ccc(Cl)cc2)N[C@H]2CC[C@H](NC(=O)C(F)(F)F)CC2)CC1. The second kappa shape index (κ2) is 16.3. The maximum absolute atomic E-state index is 14.0. The number of halogens is 4. The summed E-state index contributed by atoms with van der Waals surface area (Å²) >= 11 is 6.10. The van der Waals surface area contributed by atoms with Gasteiger partial charge in [-0.05, 0) is 89.3 Å². The zero-order valence-corrected chi connectivity index (χ0v) is 27.3. The molecule has 2 aliphatic carbocycles. The smallest absolute Gasteiger partial charge is 0.346 e. The van der Waals surface area contributed by atoms with E-state index in [1.165, 1.54) is 6.42 Å². The molecule has 0 radical (unpaired) electrons. The minimum atomic E-state index is -4.90. The van der Waals surface area contributed by atoms with Gasteiger partial charge in [-0.25, -0.2) is 4.79 Å². The first kappa shape index (κ1) is 35.3. The van der Waals surface area contributed by atoms with Crippen LogP contribution in [0.2, 0.25) is 5.02 Å². The summed E-state index contributed by atoms with van der Waals surface area (Å²) in [7, 11) is 0. The fraction of sp³-hybridized carbons (Fsp3) is 0.727. The fourth-order valence-corrected chi connectivity index (χ4v) is 7.37. The average molecular weight is 656 g/mol. The van der Waals surface area contributed by atoms with Gasteiger partial charge in [-0.2, -0.15) is 13.2 Å². The molecule has 1 saturated heterocycles. The van der Waals surface area contributed by atoms with Crippen molar-refractivity contribution in [1.82, 2.24) is 25.3 Å². The Morgan fingerprint density at radius 1 is 0.867 bits per heavy atom. The van der Waals surface area contributed by atoms with Gasteiger partial charge >= 0.3 is 18.1 Å². The van der Waals surface area contributed by atoms with Crippen molar-refractivity contribution in [2.24, 2.45) is 0 Å². The molecule has 45 heavy (non-hydrogen) atoms. The summed E-state index contributed by atoms with van der Waals surface area (Å²) in [6.07, 6.45) is 4.48. The van der Waals surface area contributed by atoms with Gasteiger partial charge in [0.2, 0.25) is 5.91 Å². The van der Waals surface area contributed by atoms with Gasteiger partial charge < -0.3 is 25.3 Å². The molecule has 252 valence electrons. The van der Waals surface area contributed by atoms with Gasteiger partial charge in [-0.1, -0.05) is 43.0 Å². The number of likely N-dealkylation sites (tertiary alicyclic amines) is 1. The van der Waals surface area contributed by atoms with E-state index in [2.05, 4.69) is 15.5 Å². The van der Waals surface area contributed by atoms with Crippen molar-refractivity contribution in [1.29, 1.82) is 0 Å². The van der Waals surface area contributed by atoms with E-state index in [1.54, 1.807) is 12.1 Å². The topological polar surface area (TPSA) is 85.0 Å². The summed E-state index contributed by atoms with van der Waals surface area (Å²) in [6.45, 7) is 6.50. The summed E-state index contributed by atoms with van der Waals surface area (Å²) in [6, 6.07) is 6.74. The van der Waals surface area contributed by atoms with E-state index in [4.69, 9.17) is 11.6 Å². The third-order valence-corrected chi connectivity index (χ3v) is 10.1. The van der Waals surface area contributed by atoms with Crippen LogP contribution in [-0.2, 0) is 16.0 Å². The van der Waals surface area contributed by atoms with Crippen molar-refractivity contribution in [3.05, 3.63) is 34.9 Å². The van der Waals surface area contributed by atoms with Crippen LogP contribution in [0, 0.1) is 0 Å². The van der Waals surface area contributed by atoms with Crippen LogP contribution in [0.15, 0.2) is 24.3 Å². The first-order valence-electron chi connectivity index (χ1n) is 16.7. The molecule has 8 nitrogen and oxygen atoms in total. The molecule has 4 rings (SSSR count). The molecule has 1 aliphatic heterocycles. The van der Waals surface area contributed by atoms with E-state index in [9.17, 15) is 27.6 Å². The van der Waals surface area contributed by atoms with E-state index in [0.717, 1.165) is 44.1 Å². The molecule has 1 heterocycles. The Bertz CT molecular complexity index is 1110. The first-order chi connectivity index (χ1) is 21.5. The van der Waals surface area contributed by atoms with Crippen molar-refractivity contribution < 1.29 is 27.6 Å². The predicted molar refractivity (Wildman–Crippen MR) is 169 cm³/mol. The van der Waals surface area contributed by atoms with Crippen LogP contribution >= 0.6 is 11.6 Å². The van der Waals surface area contributed by atoms with Crippen LogP contribution in [0.25, 0.3) is 0 Å². The highest BCUT2D eigenvalue weighted by Gasteiger charge is 2.41. The van der Waals surface area contributed by atoms with Crippen LogP contribution < -0.4 is 10.6 Å². The monoisotopic (exact) mass is 655 g/mol. The number of urea groups is 1. The molecule has 0 bridgehead atoms. The fourth-order valence-electron chi connectivity index (χ4n) is 7.24. The van der Waals surface area contributed by atoms with Gasteiger partial charge in [0.1, 0.15) is 0 Å². The normalized spacial score (nSPS) is 22.5. The Morgan fingerprint density at radius 3 is 1.98 bits per heavy atom. The summed E-state index contributed by atoms with van der Waals surface area (Å²) in [5.41, 5.74) is 0.958. The zero-order valence-electron chi connectivity index (χ0n) is 26.6. The summed E-state index contributed by atoms with van der Waals surface area (Å²) in [5.74, 6) is -1.91. The maximum Gasteiger partial charge on any atom is 0.471 e. The van der Waals surface area contributed by atoms with Crippen molar-refractivity contribution in [2.75, 3.05) is 26.2 Å². The van der Waals surface area contributed by atoms with Crippen LogP contribution in [0.4, 0.5) is 18.0 Å². The number of carbonyl (C=O) groups is 3. The van der Waals surface area contributed by atoms with E-state index >= 15 is 0 Å². The highest BCUT2D eigenvalue weighted by Crippen LogP contribution is 2.30. The minimum Gasteiger partial charge on any atom is -0.346 e. The van der Waals surface area contributed by atoms with E-state index < -0.39 is 24.2 Å². The Morgan fingerprint density at radius 2 is 1.42 bits per heavy atom. The molecule has 2 saturated carbocycles. The number of carbonyl (C=O) groups excluding carboxylic acids is 3. The van der Waals surface area contributed by atoms with Gasteiger partial charge in [0.05, 0.1) is 6.04 Å². The highest BCUT2D eigenvalue weighted by atomic mass is 35.5. The molecule has 1 atom stereocenters.